The Bertz CT molecular complexity index is 1400. The lowest BCUT2D eigenvalue weighted by molar-refractivity contribution is -0.113. The minimum Gasteiger partial charge on any atom is -0.493 e. The third-order valence-electron chi connectivity index (χ3n) is 4.61. The van der Waals surface area contributed by atoms with Gasteiger partial charge < -0.3 is 15.8 Å². The van der Waals surface area contributed by atoms with Crippen LogP contribution in [0.4, 0.5) is 15.2 Å². The number of rotatable bonds is 9. The number of thioether (sulfide) groups is 1. The highest BCUT2D eigenvalue weighted by molar-refractivity contribution is 8.01. The summed E-state index contributed by atoms with van der Waals surface area (Å²) in [6.45, 7) is 0. The van der Waals surface area contributed by atoms with Crippen LogP contribution in [-0.4, -0.2) is 50.6 Å². The molecule has 3 amide bonds. The normalized spacial score (nSPS) is 10.6. The van der Waals surface area contributed by atoms with Crippen molar-refractivity contribution in [2.45, 2.75) is 4.34 Å². The molecule has 4 N–H and O–H groups in total. The van der Waals surface area contributed by atoms with Crippen LogP contribution in [0.5, 0.6) is 5.75 Å². The highest BCUT2D eigenvalue weighted by Gasteiger charge is 2.20. The molecule has 0 aliphatic rings. The lowest BCUT2D eigenvalue weighted by Gasteiger charge is -2.04. The van der Waals surface area contributed by atoms with Gasteiger partial charge in [0.05, 0.1) is 24.7 Å². The zero-order valence-corrected chi connectivity index (χ0v) is 20.2. The molecule has 0 saturated heterocycles. The van der Waals surface area contributed by atoms with E-state index in [1.54, 1.807) is 12.1 Å². The zero-order chi connectivity index (χ0) is 25.7. The smallest absolute Gasteiger partial charge is 0.281 e. The van der Waals surface area contributed by atoms with Crippen molar-refractivity contribution in [3.63, 3.8) is 0 Å². The summed E-state index contributed by atoms with van der Waals surface area (Å²) in [4.78, 5) is 36.1. The van der Waals surface area contributed by atoms with E-state index in [1.165, 1.54) is 54.4 Å². The van der Waals surface area contributed by atoms with Crippen LogP contribution in [0.25, 0.3) is 5.69 Å². The van der Waals surface area contributed by atoms with E-state index in [0.717, 1.165) is 23.1 Å². The first-order valence-corrected chi connectivity index (χ1v) is 12.0. The standard InChI is InChI=1S/C22H18FN7O4S2/c1-34-16-10-30(15-8-4-13(23)5-9-15)29-18(16)20(33)26-21-27-28-22(36-21)35-11-17(31)25-14-6-2-12(3-7-14)19(24)32/h2-10H,11H2,1H3,(H2,24,32)(H,25,31)(H,26,27,33). The first kappa shape index (κ1) is 24.8. The monoisotopic (exact) mass is 527 g/mol. The average Bonchev–Trinajstić information content (AvgIpc) is 3.50. The van der Waals surface area contributed by atoms with Crippen molar-refractivity contribution >= 4 is 51.6 Å². The van der Waals surface area contributed by atoms with Crippen LogP contribution in [0.3, 0.4) is 0 Å². The van der Waals surface area contributed by atoms with E-state index in [2.05, 4.69) is 25.9 Å². The molecule has 0 saturated carbocycles. The first-order chi connectivity index (χ1) is 17.3. The number of primary amides is 1. The first-order valence-electron chi connectivity index (χ1n) is 10.2. The van der Waals surface area contributed by atoms with Gasteiger partial charge in [0.1, 0.15) is 5.82 Å². The van der Waals surface area contributed by atoms with Crippen molar-refractivity contribution in [2.75, 3.05) is 23.5 Å². The molecule has 0 atom stereocenters. The van der Waals surface area contributed by atoms with E-state index in [9.17, 15) is 18.8 Å². The summed E-state index contributed by atoms with van der Waals surface area (Å²) < 4.78 is 20.3. The number of carbonyl (C=O) groups excluding carboxylic acids is 3. The zero-order valence-electron chi connectivity index (χ0n) is 18.6. The molecular formula is C22H18FN7O4S2. The third kappa shape index (κ3) is 6.03. The number of benzene rings is 2. The number of amides is 3. The number of ether oxygens (including phenoxy) is 1. The lowest BCUT2D eigenvalue weighted by atomic mass is 10.2. The fraction of sp³-hybridized carbons (Fsp3) is 0.0909. The van der Waals surface area contributed by atoms with Crippen LogP contribution in [0.15, 0.2) is 59.1 Å². The Labute approximate surface area is 211 Å². The van der Waals surface area contributed by atoms with Gasteiger partial charge in [-0.2, -0.15) is 5.10 Å². The third-order valence-corrected chi connectivity index (χ3v) is 6.59. The Hall–Kier alpha value is -4.30. The number of nitrogens with one attached hydrogen (secondary N) is 2. The topological polar surface area (TPSA) is 154 Å². The molecule has 0 aliphatic carbocycles. The highest BCUT2D eigenvalue weighted by atomic mass is 32.2. The van der Waals surface area contributed by atoms with Gasteiger partial charge in [-0.1, -0.05) is 23.1 Å². The number of nitrogens with two attached hydrogens (primary N) is 1. The van der Waals surface area contributed by atoms with Crippen molar-refractivity contribution in [3.8, 4) is 11.4 Å². The molecule has 14 heteroatoms. The van der Waals surface area contributed by atoms with Crippen molar-refractivity contribution < 1.29 is 23.5 Å². The van der Waals surface area contributed by atoms with Crippen LogP contribution in [0, 0.1) is 5.82 Å². The van der Waals surface area contributed by atoms with E-state index in [4.69, 9.17) is 10.5 Å². The number of halogens is 1. The summed E-state index contributed by atoms with van der Waals surface area (Å²) in [5, 5.41) is 17.6. The predicted octanol–water partition coefficient (Wildman–Crippen LogP) is 2.95. The van der Waals surface area contributed by atoms with Gasteiger partial charge in [-0.15, -0.1) is 10.2 Å². The summed E-state index contributed by atoms with van der Waals surface area (Å²) in [6.07, 6.45) is 1.50. The van der Waals surface area contributed by atoms with Gasteiger partial charge in [0.25, 0.3) is 5.91 Å². The number of hydrogen-bond donors (Lipinski definition) is 3. The van der Waals surface area contributed by atoms with E-state index in [0.29, 0.717) is 21.3 Å². The van der Waals surface area contributed by atoms with Crippen LogP contribution < -0.4 is 21.1 Å². The van der Waals surface area contributed by atoms with Crippen molar-refractivity contribution in [3.05, 3.63) is 71.8 Å². The molecule has 11 nitrogen and oxygen atoms in total. The molecule has 4 rings (SSSR count). The Morgan fingerprint density at radius 2 is 1.81 bits per heavy atom. The molecule has 36 heavy (non-hydrogen) atoms. The summed E-state index contributed by atoms with van der Waals surface area (Å²) >= 11 is 2.23. The van der Waals surface area contributed by atoms with Gasteiger partial charge in [-0.3, -0.25) is 19.7 Å². The number of nitrogens with zero attached hydrogens (tertiary/aromatic N) is 4. The van der Waals surface area contributed by atoms with Crippen LogP contribution in [0.1, 0.15) is 20.8 Å². The number of hydrogen-bond acceptors (Lipinski definition) is 9. The molecule has 0 fully saturated rings. The van der Waals surface area contributed by atoms with E-state index in [1.807, 2.05) is 0 Å². The van der Waals surface area contributed by atoms with Crippen molar-refractivity contribution in [2.24, 2.45) is 5.73 Å². The second-order valence-corrected chi connectivity index (χ2v) is 9.27. The molecule has 4 aromatic rings. The molecule has 0 bridgehead atoms. The maximum atomic E-state index is 13.2. The maximum absolute atomic E-state index is 13.2. The van der Waals surface area contributed by atoms with Crippen LogP contribution in [-0.2, 0) is 4.79 Å². The summed E-state index contributed by atoms with van der Waals surface area (Å²) in [5.74, 6) is -1.53. The summed E-state index contributed by atoms with van der Waals surface area (Å²) in [7, 11) is 1.40. The molecule has 0 spiro atoms. The van der Waals surface area contributed by atoms with Gasteiger partial charge in [-0.05, 0) is 48.5 Å². The van der Waals surface area contributed by atoms with Gasteiger partial charge in [-0.25, -0.2) is 9.07 Å². The summed E-state index contributed by atoms with van der Waals surface area (Å²) in [5.41, 5.74) is 6.61. The van der Waals surface area contributed by atoms with E-state index < -0.39 is 17.6 Å². The van der Waals surface area contributed by atoms with Gasteiger partial charge >= 0.3 is 0 Å². The number of anilines is 2. The molecule has 0 radical (unpaired) electrons. The average molecular weight is 528 g/mol. The van der Waals surface area contributed by atoms with Gasteiger partial charge in [0.15, 0.2) is 15.8 Å². The Morgan fingerprint density at radius 1 is 1.08 bits per heavy atom. The predicted molar refractivity (Wildman–Crippen MR) is 132 cm³/mol. The molecule has 184 valence electrons. The van der Waals surface area contributed by atoms with Crippen molar-refractivity contribution in [1.29, 1.82) is 0 Å². The fourth-order valence-corrected chi connectivity index (χ4v) is 4.45. The molecule has 2 aromatic heterocycles. The summed E-state index contributed by atoms with van der Waals surface area (Å²) in [6, 6.07) is 11.8. The minimum absolute atomic E-state index is 0.00737. The number of carbonyl (C=O) groups is 3. The second-order valence-electron chi connectivity index (χ2n) is 7.07. The Balaban J connectivity index is 1.34. The molecule has 2 aromatic carbocycles. The second kappa shape index (κ2) is 11.0. The number of methoxy groups -OCH3 is 1. The van der Waals surface area contributed by atoms with Crippen LogP contribution >= 0.6 is 23.1 Å². The molecular weight excluding hydrogens is 509 g/mol. The SMILES string of the molecule is COc1cn(-c2ccc(F)cc2)nc1C(=O)Nc1nnc(SCC(=O)Nc2ccc(C(N)=O)cc2)s1. The fourth-order valence-electron chi connectivity index (χ4n) is 2.91. The maximum Gasteiger partial charge on any atom is 0.281 e. The molecule has 2 heterocycles. The molecule has 0 unspecified atom stereocenters. The lowest BCUT2D eigenvalue weighted by Crippen LogP contribution is -2.14. The van der Waals surface area contributed by atoms with Crippen LogP contribution in [0.2, 0.25) is 0 Å². The quantitative estimate of drug-likeness (QED) is 0.222. The number of aromatic nitrogens is 4. The Kier molecular flexibility index (Phi) is 7.56. The van der Waals surface area contributed by atoms with E-state index in [-0.39, 0.29) is 28.2 Å². The largest absolute Gasteiger partial charge is 0.493 e. The van der Waals surface area contributed by atoms with Gasteiger partial charge in [0.2, 0.25) is 16.9 Å². The highest BCUT2D eigenvalue weighted by Crippen LogP contribution is 2.27. The van der Waals surface area contributed by atoms with Crippen molar-refractivity contribution in [1.82, 2.24) is 20.0 Å². The Morgan fingerprint density at radius 3 is 2.47 bits per heavy atom. The van der Waals surface area contributed by atoms with Gasteiger partial charge in [0, 0.05) is 11.3 Å². The molecule has 0 aliphatic heterocycles. The minimum atomic E-state index is -0.572. The van der Waals surface area contributed by atoms with E-state index >= 15 is 0 Å².